The summed E-state index contributed by atoms with van der Waals surface area (Å²) in [5.41, 5.74) is 1.23. The van der Waals surface area contributed by atoms with Crippen molar-refractivity contribution in [2.75, 3.05) is 34.0 Å². The number of rotatable bonds is 6. The molecule has 0 bridgehead atoms. The van der Waals surface area contributed by atoms with Crippen molar-refractivity contribution >= 4 is 0 Å². The molecule has 0 saturated carbocycles. The van der Waals surface area contributed by atoms with Gasteiger partial charge in [0.1, 0.15) is 11.9 Å². The normalized spacial score (nSPS) is 22.3. The third kappa shape index (κ3) is 3.22. The summed E-state index contributed by atoms with van der Waals surface area (Å²) in [6, 6.07) is 8.51. The summed E-state index contributed by atoms with van der Waals surface area (Å²) in [5, 5.41) is 3.33. The predicted octanol–water partition coefficient (Wildman–Crippen LogP) is 1.76. The molecule has 0 fully saturated rings. The molecular weight excluding hydrogens is 230 g/mol. The second-order valence-electron chi connectivity index (χ2n) is 4.42. The van der Waals surface area contributed by atoms with Crippen molar-refractivity contribution in [3.05, 3.63) is 29.8 Å². The molecule has 2 atom stereocenters. The molecule has 0 amide bonds. The summed E-state index contributed by atoms with van der Waals surface area (Å²) < 4.78 is 16.4. The van der Waals surface area contributed by atoms with Crippen LogP contribution in [0.1, 0.15) is 18.0 Å². The summed E-state index contributed by atoms with van der Waals surface area (Å²) in [7, 11) is 3.66. The van der Waals surface area contributed by atoms with Gasteiger partial charge in [-0.15, -0.1) is 0 Å². The summed E-state index contributed by atoms with van der Waals surface area (Å²) in [6.45, 7) is 1.84. The maximum absolute atomic E-state index is 5.94. The Morgan fingerprint density at radius 2 is 2.17 bits per heavy atom. The Morgan fingerprint density at radius 1 is 1.33 bits per heavy atom. The van der Waals surface area contributed by atoms with Crippen LogP contribution in [0.4, 0.5) is 0 Å². The SMILES string of the molecule is CNC1CC(COCCOC)Oc2ccccc21. The quantitative estimate of drug-likeness (QED) is 0.782. The van der Waals surface area contributed by atoms with Crippen LogP contribution in [0.5, 0.6) is 5.75 Å². The van der Waals surface area contributed by atoms with Crippen LogP contribution in [0.15, 0.2) is 24.3 Å². The second-order valence-corrected chi connectivity index (χ2v) is 4.42. The van der Waals surface area contributed by atoms with Crippen molar-refractivity contribution in [3.8, 4) is 5.75 Å². The number of para-hydroxylation sites is 1. The van der Waals surface area contributed by atoms with E-state index in [1.807, 2.05) is 25.2 Å². The lowest BCUT2D eigenvalue weighted by molar-refractivity contribution is 0.0109. The van der Waals surface area contributed by atoms with Crippen LogP contribution in [-0.4, -0.2) is 40.1 Å². The molecule has 1 aliphatic heterocycles. The van der Waals surface area contributed by atoms with E-state index < -0.39 is 0 Å². The second kappa shape index (κ2) is 6.73. The fourth-order valence-electron chi connectivity index (χ4n) is 2.23. The fourth-order valence-corrected chi connectivity index (χ4v) is 2.23. The van der Waals surface area contributed by atoms with Gasteiger partial charge in [0.25, 0.3) is 0 Å². The molecule has 1 N–H and O–H groups in total. The molecule has 2 unspecified atom stereocenters. The summed E-state index contributed by atoms with van der Waals surface area (Å²) in [4.78, 5) is 0. The van der Waals surface area contributed by atoms with Gasteiger partial charge in [0, 0.05) is 25.1 Å². The molecule has 4 nitrogen and oxygen atoms in total. The zero-order chi connectivity index (χ0) is 12.8. The molecule has 4 heteroatoms. The van der Waals surface area contributed by atoms with Gasteiger partial charge >= 0.3 is 0 Å². The molecule has 0 spiro atoms. The maximum atomic E-state index is 5.94. The smallest absolute Gasteiger partial charge is 0.124 e. The van der Waals surface area contributed by atoms with Crippen LogP contribution in [-0.2, 0) is 9.47 Å². The highest BCUT2D eigenvalue weighted by Crippen LogP contribution is 2.34. The number of hydrogen-bond acceptors (Lipinski definition) is 4. The van der Waals surface area contributed by atoms with E-state index in [9.17, 15) is 0 Å². The van der Waals surface area contributed by atoms with Crippen LogP contribution in [0.3, 0.4) is 0 Å². The van der Waals surface area contributed by atoms with Gasteiger partial charge in [-0.1, -0.05) is 18.2 Å². The van der Waals surface area contributed by atoms with Crippen molar-refractivity contribution in [3.63, 3.8) is 0 Å². The van der Waals surface area contributed by atoms with Gasteiger partial charge < -0.3 is 19.5 Å². The Morgan fingerprint density at radius 3 is 2.94 bits per heavy atom. The Kier molecular flexibility index (Phi) is 4.99. The van der Waals surface area contributed by atoms with Crippen LogP contribution < -0.4 is 10.1 Å². The van der Waals surface area contributed by atoms with Crippen LogP contribution in [0.2, 0.25) is 0 Å². The minimum Gasteiger partial charge on any atom is -0.488 e. The van der Waals surface area contributed by atoms with Gasteiger partial charge in [0.05, 0.1) is 19.8 Å². The zero-order valence-corrected chi connectivity index (χ0v) is 11.0. The molecule has 2 rings (SSSR count). The van der Waals surface area contributed by atoms with Crippen LogP contribution in [0.25, 0.3) is 0 Å². The fraction of sp³-hybridized carbons (Fsp3) is 0.571. The zero-order valence-electron chi connectivity index (χ0n) is 11.0. The van der Waals surface area contributed by atoms with Crippen molar-refractivity contribution in [2.24, 2.45) is 0 Å². The average Bonchev–Trinajstić information content (AvgIpc) is 2.42. The summed E-state index contributed by atoms with van der Waals surface area (Å²) in [5.74, 6) is 0.962. The number of fused-ring (bicyclic) bond motifs is 1. The lowest BCUT2D eigenvalue weighted by atomic mass is 9.97. The van der Waals surface area contributed by atoms with E-state index in [1.165, 1.54) is 5.56 Å². The highest BCUT2D eigenvalue weighted by molar-refractivity contribution is 5.37. The predicted molar refractivity (Wildman–Crippen MR) is 70.0 cm³/mol. The van der Waals surface area contributed by atoms with Crippen LogP contribution in [0, 0.1) is 0 Å². The molecule has 1 aromatic rings. The van der Waals surface area contributed by atoms with Gasteiger partial charge in [-0.25, -0.2) is 0 Å². The van der Waals surface area contributed by atoms with E-state index in [-0.39, 0.29) is 6.10 Å². The first-order valence-electron chi connectivity index (χ1n) is 6.34. The van der Waals surface area contributed by atoms with Gasteiger partial charge in [0.15, 0.2) is 0 Å². The van der Waals surface area contributed by atoms with Crippen molar-refractivity contribution < 1.29 is 14.2 Å². The van der Waals surface area contributed by atoms with E-state index in [0.717, 1.165) is 12.2 Å². The van der Waals surface area contributed by atoms with Gasteiger partial charge in [-0.3, -0.25) is 0 Å². The number of benzene rings is 1. The maximum Gasteiger partial charge on any atom is 0.124 e. The molecular formula is C14H21NO3. The van der Waals surface area contributed by atoms with E-state index in [0.29, 0.717) is 25.9 Å². The number of methoxy groups -OCH3 is 1. The Hall–Kier alpha value is -1.10. The van der Waals surface area contributed by atoms with Gasteiger partial charge in [-0.05, 0) is 13.1 Å². The largest absolute Gasteiger partial charge is 0.488 e. The summed E-state index contributed by atoms with van der Waals surface area (Å²) in [6.07, 6.45) is 1.04. The third-order valence-electron chi connectivity index (χ3n) is 3.17. The van der Waals surface area contributed by atoms with Crippen LogP contribution >= 0.6 is 0 Å². The third-order valence-corrected chi connectivity index (χ3v) is 3.17. The Labute approximate surface area is 108 Å². The Balaban J connectivity index is 1.93. The lowest BCUT2D eigenvalue weighted by Gasteiger charge is -2.31. The van der Waals surface area contributed by atoms with Crippen molar-refractivity contribution in [1.82, 2.24) is 5.32 Å². The summed E-state index contributed by atoms with van der Waals surface area (Å²) >= 11 is 0. The minimum atomic E-state index is 0.106. The van der Waals surface area contributed by atoms with E-state index in [2.05, 4.69) is 11.4 Å². The van der Waals surface area contributed by atoms with Gasteiger partial charge in [-0.2, -0.15) is 0 Å². The molecule has 0 aromatic heterocycles. The molecule has 0 aliphatic carbocycles. The number of ether oxygens (including phenoxy) is 3. The minimum absolute atomic E-state index is 0.106. The topological polar surface area (TPSA) is 39.7 Å². The standard InChI is InChI=1S/C14H21NO3/c1-15-13-9-11(10-17-8-7-16-2)18-14-6-4-3-5-12(13)14/h3-6,11,13,15H,7-10H2,1-2H3. The van der Waals surface area contributed by atoms with Crippen molar-refractivity contribution in [2.45, 2.75) is 18.6 Å². The van der Waals surface area contributed by atoms with E-state index in [4.69, 9.17) is 14.2 Å². The van der Waals surface area contributed by atoms with E-state index in [1.54, 1.807) is 7.11 Å². The average molecular weight is 251 g/mol. The first-order chi connectivity index (χ1) is 8.85. The first-order valence-corrected chi connectivity index (χ1v) is 6.34. The highest BCUT2D eigenvalue weighted by Gasteiger charge is 2.26. The van der Waals surface area contributed by atoms with E-state index >= 15 is 0 Å². The molecule has 1 aliphatic rings. The molecule has 1 heterocycles. The molecule has 0 radical (unpaired) electrons. The number of hydrogen-bond donors (Lipinski definition) is 1. The molecule has 100 valence electrons. The van der Waals surface area contributed by atoms with Crippen molar-refractivity contribution in [1.29, 1.82) is 0 Å². The lowest BCUT2D eigenvalue weighted by Crippen LogP contribution is -2.34. The first kappa shape index (κ1) is 13.3. The monoisotopic (exact) mass is 251 g/mol. The molecule has 18 heavy (non-hydrogen) atoms. The highest BCUT2D eigenvalue weighted by atomic mass is 16.5. The number of nitrogens with one attached hydrogen (secondary N) is 1. The Bertz CT molecular complexity index is 370. The molecule has 0 saturated heterocycles. The molecule has 1 aromatic carbocycles. The van der Waals surface area contributed by atoms with Gasteiger partial charge in [0.2, 0.25) is 0 Å².